The quantitative estimate of drug-likeness (QED) is 0.703. The molecule has 0 unspecified atom stereocenters. The highest BCUT2D eigenvalue weighted by atomic mass is 16.5. The zero-order valence-corrected chi connectivity index (χ0v) is 7.12. The number of carbonyl (C=O) groups is 2. The first-order valence-electron chi connectivity index (χ1n) is 3.49. The fourth-order valence-electron chi connectivity index (χ4n) is 0.876. The Morgan fingerprint density at radius 2 is 2.15 bits per heavy atom. The van der Waals surface area contributed by atoms with Crippen molar-refractivity contribution in [1.29, 1.82) is 0 Å². The first-order chi connectivity index (χ1) is 6.02. The predicted octanol–water partition coefficient (Wildman–Crippen LogP) is 0.640. The number of carboxylic acids is 1. The van der Waals surface area contributed by atoms with Crippen molar-refractivity contribution < 1.29 is 19.2 Å². The number of hydrogen-bond donors (Lipinski definition) is 2. The average molecular weight is 184 g/mol. The van der Waals surface area contributed by atoms with Gasteiger partial charge in [0.05, 0.1) is 0 Å². The monoisotopic (exact) mass is 184 g/mol. The molecule has 1 heterocycles. The molecule has 6 heteroatoms. The van der Waals surface area contributed by atoms with Crippen molar-refractivity contribution in [2.75, 3.05) is 5.32 Å². The Kier molecular flexibility index (Phi) is 2.32. The van der Waals surface area contributed by atoms with Gasteiger partial charge < -0.3 is 14.9 Å². The molecule has 0 bridgehead atoms. The molecule has 0 fully saturated rings. The summed E-state index contributed by atoms with van der Waals surface area (Å²) in [5, 5.41) is 14.3. The van der Waals surface area contributed by atoms with Gasteiger partial charge in [-0.2, -0.15) is 0 Å². The summed E-state index contributed by atoms with van der Waals surface area (Å²) in [7, 11) is 0. The van der Waals surface area contributed by atoms with Gasteiger partial charge in [0.25, 0.3) is 0 Å². The van der Waals surface area contributed by atoms with Gasteiger partial charge in [-0.3, -0.25) is 4.79 Å². The van der Waals surface area contributed by atoms with Crippen LogP contribution >= 0.6 is 0 Å². The number of nitrogens with zero attached hydrogens (tertiary/aromatic N) is 1. The summed E-state index contributed by atoms with van der Waals surface area (Å²) in [6, 6.07) is 0. The van der Waals surface area contributed by atoms with Crippen LogP contribution in [0.5, 0.6) is 0 Å². The Balaban J connectivity index is 3.07. The van der Waals surface area contributed by atoms with Crippen LogP contribution in [0.2, 0.25) is 0 Å². The second-order valence-electron chi connectivity index (χ2n) is 2.45. The van der Waals surface area contributed by atoms with Crippen molar-refractivity contribution in [2.24, 2.45) is 0 Å². The maximum Gasteiger partial charge on any atom is 0.343 e. The SMILES string of the molecule is CC(=O)Nc1noc(C)c1C(=O)O. The van der Waals surface area contributed by atoms with Crippen LogP contribution < -0.4 is 5.32 Å². The Morgan fingerprint density at radius 1 is 1.54 bits per heavy atom. The third kappa shape index (κ3) is 1.84. The van der Waals surface area contributed by atoms with Crippen molar-refractivity contribution in [3.63, 3.8) is 0 Å². The molecule has 13 heavy (non-hydrogen) atoms. The van der Waals surface area contributed by atoms with Gasteiger partial charge in [-0.05, 0) is 6.92 Å². The number of carboxylic acid groups (broad SMARTS) is 1. The van der Waals surface area contributed by atoms with Crippen LogP contribution in [0.25, 0.3) is 0 Å². The number of nitrogens with one attached hydrogen (secondary N) is 1. The van der Waals surface area contributed by atoms with E-state index in [-0.39, 0.29) is 17.1 Å². The number of rotatable bonds is 2. The second-order valence-corrected chi connectivity index (χ2v) is 2.45. The van der Waals surface area contributed by atoms with E-state index in [0.717, 1.165) is 0 Å². The maximum absolute atomic E-state index is 10.6. The van der Waals surface area contributed by atoms with Crippen molar-refractivity contribution >= 4 is 17.7 Å². The van der Waals surface area contributed by atoms with Gasteiger partial charge in [0.15, 0.2) is 11.6 Å². The number of aryl methyl sites for hydroxylation is 1. The molecular weight excluding hydrogens is 176 g/mol. The molecule has 0 spiro atoms. The largest absolute Gasteiger partial charge is 0.477 e. The number of carbonyl (C=O) groups excluding carboxylic acids is 1. The van der Waals surface area contributed by atoms with E-state index in [2.05, 4.69) is 15.0 Å². The third-order valence-corrected chi connectivity index (χ3v) is 1.37. The lowest BCUT2D eigenvalue weighted by molar-refractivity contribution is -0.114. The van der Waals surface area contributed by atoms with Crippen molar-refractivity contribution in [3.8, 4) is 0 Å². The molecule has 1 rings (SSSR count). The van der Waals surface area contributed by atoms with Gasteiger partial charge in [-0.1, -0.05) is 5.16 Å². The highest BCUT2D eigenvalue weighted by molar-refractivity contribution is 5.99. The van der Waals surface area contributed by atoms with Gasteiger partial charge in [-0.25, -0.2) is 4.79 Å². The van der Waals surface area contributed by atoms with Crippen LogP contribution in [-0.4, -0.2) is 22.1 Å². The molecule has 1 aromatic heterocycles. The van der Waals surface area contributed by atoms with E-state index < -0.39 is 11.9 Å². The summed E-state index contributed by atoms with van der Waals surface area (Å²) in [4.78, 5) is 21.2. The van der Waals surface area contributed by atoms with Gasteiger partial charge in [0.2, 0.25) is 5.91 Å². The summed E-state index contributed by atoms with van der Waals surface area (Å²) in [6.45, 7) is 2.72. The molecule has 70 valence electrons. The molecule has 0 atom stereocenters. The van der Waals surface area contributed by atoms with Gasteiger partial charge in [0.1, 0.15) is 5.56 Å². The molecule has 0 aromatic carbocycles. The molecule has 0 aliphatic heterocycles. The molecule has 0 aliphatic rings. The summed E-state index contributed by atoms with van der Waals surface area (Å²) in [6.07, 6.45) is 0. The lowest BCUT2D eigenvalue weighted by Gasteiger charge is -1.96. The lowest BCUT2D eigenvalue weighted by Crippen LogP contribution is -2.10. The topological polar surface area (TPSA) is 92.4 Å². The van der Waals surface area contributed by atoms with Crippen LogP contribution in [0, 0.1) is 6.92 Å². The van der Waals surface area contributed by atoms with E-state index in [1.165, 1.54) is 13.8 Å². The van der Waals surface area contributed by atoms with Gasteiger partial charge in [-0.15, -0.1) is 0 Å². The van der Waals surface area contributed by atoms with Crippen LogP contribution in [0.15, 0.2) is 4.52 Å². The summed E-state index contributed by atoms with van der Waals surface area (Å²) in [5.41, 5.74) is -0.116. The van der Waals surface area contributed by atoms with Crippen LogP contribution in [0.4, 0.5) is 5.82 Å². The smallest absolute Gasteiger partial charge is 0.343 e. The zero-order valence-electron chi connectivity index (χ0n) is 7.12. The normalized spacial score (nSPS) is 9.69. The highest BCUT2D eigenvalue weighted by Gasteiger charge is 2.19. The molecule has 0 radical (unpaired) electrons. The number of anilines is 1. The molecule has 0 aliphatic carbocycles. The minimum atomic E-state index is -1.18. The number of hydrogen-bond acceptors (Lipinski definition) is 4. The molecule has 6 nitrogen and oxygen atoms in total. The Labute approximate surface area is 73.5 Å². The molecule has 0 saturated heterocycles. The number of aromatic nitrogens is 1. The minimum Gasteiger partial charge on any atom is -0.477 e. The first kappa shape index (κ1) is 9.24. The van der Waals surface area contributed by atoms with Crippen molar-refractivity contribution in [3.05, 3.63) is 11.3 Å². The third-order valence-electron chi connectivity index (χ3n) is 1.37. The average Bonchev–Trinajstić information content (AvgIpc) is 2.30. The fraction of sp³-hybridized carbons (Fsp3) is 0.286. The van der Waals surface area contributed by atoms with E-state index >= 15 is 0 Å². The van der Waals surface area contributed by atoms with Crippen LogP contribution in [-0.2, 0) is 4.79 Å². The predicted molar refractivity (Wildman–Crippen MR) is 42.5 cm³/mol. The van der Waals surface area contributed by atoms with E-state index in [1.807, 2.05) is 0 Å². The molecule has 0 saturated carbocycles. The second kappa shape index (κ2) is 3.26. The molecule has 2 N–H and O–H groups in total. The Morgan fingerprint density at radius 3 is 2.62 bits per heavy atom. The van der Waals surface area contributed by atoms with E-state index in [9.17, 15) is 9.59 Å². The summed E-state index contributed by atoms with van der Waals surface area (Å²) < 4.78 is 4.61. The number of aromatic carboxylic acids is 1. The minimum absolute atomic E-state index is 0.0579. The van der Waals surface area contributed by atoms with Crippen molar-refractivity contribution in [2.45, 2.75) is 13.8 Å². The maximum atomic E-state index is 10.6. The number of amides is 1. The van der Waals surface area contributed by atoms with Gasteiger partial charge in [0, 0.05) is 6.92 Å². The lowest BCUT2D eigenvalue weighted by atomic mass is 10.2. The molecule has 1 aromatic rings. The standard InChI is InChI=1S/C7H8N2O4/c1-3-5(7(11)12)6(9-13-3)8-4(2)10/h1-2H3,(H,11,12)(H,8,9,10). The zero-order chi connectivity index (χ0) is 10.0. The fourth-order valence-corrected chi connectivity index (χ4v) is 0.876. The van der Waals surface area contributed by atoms with E-state index in [4.69, 9.17) is 5.11 Å². The summed E-state index contributed by atoms with van der Waals surface area (Å²) in [5.74, 6) is -1.47. The molecular formula is C7H8N2O4. The van der Waals surface area contributed by atoms with E-state index in [1.54, 1.807) is 0 Å². The van der Waals surface area contributed by atoms with Gasteiger partial charge >= 0.3 is 5.97 Å². The van der Waals surface area contributed by atoms with E-state index in [0.29, 0.717) is 0 Å². The Hall–Kier alpha value is -1.85. The van der Waals surface area contributed by atoms with Crippen molar-refractivity contribution in [1.82, 2.24) is 5.16 Å². The first-order valence-corrected chi connectivity index (χ1v) is 3.49. The highest BCUT2D eigenvalue weighted by Crippen LogP contribution is 2.17. The van der Waals surface area contributed by atoms with Crippen LogP contribution in [0.3, 0.4) is 0 Å². The van der Waals surface area contributed by atoms with Crippen LogP contribution in [0.1, 0.15) is 23.0 Å². The Bertz CT molecular complexity index is 355. The summed E-state index contributed by atoms with van der Waals surface area (Å²) >= 11 is 0. The molecule has 1 amide bonds.